The SMILES string of the molecule is CC(C)(C)C(=O)Nc1nnc(-c2ccccc2)s1. The van der Waals surface area contributed by atoms with Crippen LogP contribution in [0.4, 0.5) is 5.13 Å². The van der Waals surface area contributed by atoms with Crippen LogP contribution in [0.1, 0.15) is 20.8 Å². The fourth-order valence-corrected chi connectivity index (χ4v) is 2.00. The maximum atomic E-state index is 11.8. The Morgan fingerprint density at radius 2 is 1.83 bits per heavy atom. The number of amides is 1. The number of hydrogen-bond donors (Lipinski definition) is 1. The highest BCUT2D eigenvalue weighted by Crippen LogP contribution is 2.27. The minimum Gasteiger partial charge on any atom is -0.300 e. The van der Waals surface area contributed by atoms with Crippen molar-refractivity contribution in [3.63, 3.8) is 0 Å². The van der Waals surface area contributed by atoms with E-state index in [4.69, 9.17) is 0 Å². The molecule has 5 heteroatoms. The molecule has 18 heavy (non-hydrogen) atoms. The molecule has 1 aromatic carbocycles. The molecule has 0 aliphatic rings. The van der Waals surface area contributed by atoms with E-state index < -0.39 is 5.41 Å². The van der Waals surface area contributed by atoms with Crippen LogP contribution in [0, 0.1) is 5.41 Å². The van der Waals surface area contributed by atoms with Gasteiger partial charge in [-0.15, -0.1) is 10.2 Å². The average molecular weight is 261 g/mol. The van der Waals surface area contributed by atoms with Crippen LogP contribution in [-0.4, -0.2) is 16.1 Å². The topological polar surface area (TPSA) is 54.9 Å². The molecule has 0 radical (unpaired) electrons. The second-order valence-electron chi connectivity index (χ2n) is 4.98. The number of benzene rings is 1. The van der Waals surface area contributed by atoms with Gasteiger partial charge in [-0.05, 0) is 0 Å². The minimum atomic E-state index is -0.432. The molecule has 0 fully saturated rings. The molecule has 2 rings (SSSR count). The summed E-state index contributed by atoms with van der Waals surface area (Å²) in [5.41, 5.74) is 0.574. The summed E-state index contributed by atoms with van der Waals surface area (Å²) in [4.78, 5) is 11.8. The zero-order chi connectivity index (χ0) is 13.2. The van der Waals surface area contributed by atoms with Crippen LogP contribution >= 0.6 is 11.3 Å². The van der Waals surface area contributed by atoms with Crippen LogP contribution in [-0.2, 0) is 4.79 Å². The molecule has 1 N–H and O–H groups in total. The molecular weight excluding hydrogens is 246 g/mol. The van der Waals surface area contributed by atoms with Gasteiger partial charge in [0.15, 0.2) is 0 Å². The molecule has 1 heterocycles. The van der Waals surface area contributed by atoms with Crippen LogP contribution < -0.4 is 5.32 Å². The van der Waals surface area contributed by atoms with E-state index in [2.05, 4.69) is 15.5 Å². The molecule has 0 saturated carbocycles. The summed E-state index contributed by atoms with van der Waals surface area (Å²) in [7, 11) is 0. The first kappa shape index (κ1) is 12.7. The van der Waals surface area contributed by atoms with Crippen LogP contribution in [0.5, 0.6) is 0 Å². The lowest BCUT2D eigenvalue weighted by molar-refractivity contribution is -0.123. The Bertz CT molecular complexity index is 543. The Hall–Kier alpha value is -1.75. The van der Waals surface area contributed by atoms with Crippen molar-refractivity contribution in [2.75, 3.05) is 5.32 Å². The highest BCUT2D eigenvalue weighted by atomic mass is 32.1. The number of aromatic nitrogens is 2. The summed E-state index contributed by atoms with van der Waals surface area (Å²) in [5, 5.41) is 12.2. The van der Waals surface area contributed by atoms with E-state index >= 15 is 0 Å². The summed E-state index contributed by atoms with van der Waals surface area (Å²) in [5.74, 6) is -0.0572. The lowest BCUT2D eigenvalue weighted by Crippen LogP contribution is -2.27. The van der Waals surface area contributed by atoms with Gasteiger partial charge in [0.2, 0.25) is 11.0 Å². The first-order valence-electron chi connectivity index (χ1n) is 5.67. The smallest absolute Gasteiger partial charge is 0.231 e. The molecular formula is C13H15N3OS. The van der Waals surface area contributed by atoms with E-state index in [-0.39, 0.29) is 5.91 Å². The molecule has 94 valence electrons. The van der Waals surface area contributed by atoms with Gasteiger partial charge in [0.05, 0.1) is 0 Å². The third-order valence-electron chi connectivity index (χ3n) is 2.35. The van der Waals surface area contributed by atoms with Crippen LogP contribution in [0.25, 0.3) is 10.6 Å². The Labute approximate surface area is 110 Å². The molecule has 2 aromatic rings. The summed E-state index contributed by atoms with van der Waals surface area (Å²) < 4.78 is 0. The Balaban J connectivity index is 2.15. The second kappa shape index (κ2) is 4.86. The maximum Gasteiger partial charge on any atom is 0.231 e. The van der Waals surface area contributed by atoms with Gasteiger partial charge in [0.1, 0.15) is 5.01 Å². The third-order valence-corrected chi connectivity index (χ3v) is 3.24. The number of carbonyl (C=O) groups excluding carboxylic acids is 1. The van der Waals surface area contributed by atoms with Gasteiger partial charge in [-0.2, -0.15) is 0 Å². The molecule has 0 spiro atoms. The lowest BCUT2D eigenvalue weighted by Gasteiger charge is -2.15. The van der Waals surface area contributed by atoms with Crippen molar-refractivity contribution in [2.24, 2.45) is 5.41 Å². The standard InChI is InChI=1S/C13H15N3OS/c1-13(2,3)11(17)14-12-16-15-10(18-12)9-7-5-4-6-8-9/h4-8H,1-3H3,(H,14,16,17). The molecule has 0 aliphatic carbocycles. The van der Waals surface area contributed by atoms with Crippen molar-refractivity contribution in [1.82, 2.24) is 10.2 Å². The van der Waals surface area contributed by atoms with Crippen molar-refractivity contribution in [3.8, 4) is 10.6 Å². The number of carbonyl (C=O) groups is 1. The minimum absolute atomic E-state index is 0.0572. The zero-order valence-electron chi connectivity index (χ0n) is 10.6. The van der Waals surface area contributed by atoms with Gasteiger partial charge in [-0.1, -0.05) is 62.4 Å². The summed E-state index contributed by atoms with van der Waals surface area (Å²) in [6.07, 6.45) is 0. The molecule has 0 atom stereocenters. The van der Waals surface area contributed by atoms with E-state index in [0.29, 0.717) is 5.13 Å². The van der Waals surface area contributed by atoms with Crippen LogP contribution in [0.3, 0.4) is 0 Å². The highest BCUT2D eigenvalue weighted by molar-refractivity contribution is 7.18. The first-order valence-corrected chi connectivity index (χ1v) is 6.49. The third kappa shape index (κ3) is 2.92. The van der Waals surface area contributed by atoms with Gasteiger partial charge < -0.3 is 5.32 Å². The van der Waals surface area contributed by atoms with Gasteiger partial charge in [-0.25, -0.2) is 0 Å². The number of rotatable bonds is 2. The van der Waals surface area contributed by atoms with E-state index in [0.717, 1.165) is 10.6 Å². The van der Waals surface area contributed by atoms with Crippen LogP contribution in [0.15, 0.2) is 30.3 Å². The monoisotopic (exact) mass is 261 g/mol. The van der Waals surface area contributed by atoms with Gasteiger partial charge >= 0.3 is 0 Å². The van der Waals surface area contributed by atoms with Crippen molar-refractivity contribution in [3.05, 3.63) is 30.3 Å². The largest absolute Gasteiger partial charge is 0.300 e. The molecule has 0 unspecified atom stereocenters. The fraction of sp³-hybridized carbons (Fsp3) is 0.308. The van der Waals surface area contributed by atoms with E-state index in [9.17, 15) is 4.79 Å². The normalized spacial score (nSPS) is 11.3. The molecule has 0 saturated heterocycles. The predicted molar refractivity (Wildman–Crippen MR) is 73.4 cm³/mol. The lowest BCUT2D eigenvalue weighted by atomic mass is 9.96. The Morgan fingerprint density at radius 3 is 2.44 bits per heavy atom. The quantitative estimate of drug-likeness (QED) is 0.903. The molecule has 1 aromatic heterocycles. The number of hydrogen-bond acceptors (Lipinski definition) is 4. The predicted octanol–water partition coefficient (Wildman–Crippen LogP) is 3.19. The van der Waals surface area contributed by atoms with E-state index in [1.165, 1.54) is 11.3 Å². The first-order chi connectivity index (χ1) is 8.47. The van der Waals surface area contributed by atoms with Gasteiger partial charge in [-0.3, -0.25) is 4.79 Å². The average Bonchev–Trinajstić information content (AvgIpc) is 2.77. The van der Waals surface area contributed by atoms with Gasteiger partial charge in [0, 0.05) is 11.0 Å². The van der Waals surface area contributed by atoms with E-state index in [1.807, 2.05) is 51.1 Å². The van der Waals surface area contributed by atoms with E-state index in [1.54, 1.807) is 0 Å². The van der Waals surface area contributed by atoms with Crippen molar-refractivity contribution in [2.45, 2.75) is 20.8 Å². The molecule has 0 aliphatic heterocycles. The summed E-state index contributed by atoms with van der Waals surface area (Å²) in [6, 6.07) is 9.78. The Kier molecular flexibility index (Phi) is 3.43. The zero-order valence-corrected chi connectivity index (χ0v) is 11.4. The second-order valence-corrected chi connectivity index (χ2v) is 5.96. The summed E-state index contributed by atoms with van der Waals surface area (Å²) in [6.45, 7) is 5.59. The fourth-order valence-electron chi connectivity index (χ4n) is 1.26. The number of anilines is 1. The number of nitrogens with zero attached hydrogens (tertiary/aromatic N) is 2. The maximum absolute atomic E-state index is 11.8. The number of nitrogens with one attached hydrogen (secondary N) is 1. The van der Waals surface area contributed by atoms with Crippen molar-refractivity contribution >= 4 is 22.4 Å². The van der Waals surface area contributed by atoms with Gasteiger partial charge in [0.25, 0.3) is 0 Å². The molecule has 4 nitrogen and oxygen atoms in total. The molecule has 1 amide bonds. The summed E-state index contributed by atoms with van der Waals surface area (Å²) >= 11 is 1.38. The highest BCUT2D eigenvalue weighted by Gasteiger charge is 2.22. The van der Waals surface area contributed by atoms with Crippen molar-refractivity contribution < 1.29 is 4.79 Å². The van der Waals surface area contributed by atoms with Crippen molar-refractivity contribution in [1.29, 1.82) is 0 Å². The Morgan fingerprint density at radius 1 is 1.17 bits per heavy atom. The molecule has 0 bridgehead atoms. The van der Waals surface area contributed by atoms with Crippen LogP contribution in [0.2, 0.25) is 0 Å².